The Morgan fingerprint density at radius 3 is 2.20 bits per heavy atom. The molecule has 90 valence electrons. The maximum absolute atomic E-state index is 7.30. The summed E-state index contributed by atoms with van der Waals surface area (Å²) in [4.78, 5) is 6.53. The summed E-state index contributed by atoms with van der Waals surface area (Å²) in [7, 11) is 4.18. The van der Waals surface area contributed by atoms with Crippen LogP contribution in [0.25, 0.3) is 0 Å². The monoisotopic (exact) mass is 327 g/mol. The van der Waals surface area contributed by atoms with Crippen LogP contribution in [-0.2, 0) is 0 Å². The first-order valence-corrected chi connectivity index (χ1v) is 5.05. The number of likely N-dealkylation sites (N-methyl/N-ethyl adjacent to an activating group) is 1. The first-order valence-electron chi connectivity index (χ1n) is 5.05. The molecule has 15 heavy (non-hydrogen) atoms. The molecule has 1 heterocycles. The topological polar surface area (TPSA) is 59.6 Å². The van der Waals surface area contributed by atoms with E-state index in [0.717, 1.165) is 39.3 Å². The zero-order chi connectivity index (χ0) is 10.6. The summed E-state index contributed by atoms with van der Waals surface area (Å²) in [6, 6.07) is 0. The van der Waals surface area contributed by atoms with Crippen molar-refractivity contribution in [3.8, 4) is 0 Å². The summed E-state index contributed by atoms with van der Waals surface area (Å²) in [5, 5.41) is 7.30. The molecule has 0 amide bonds. The number of nitrogens with zero attached hydrogens (tertiary/aromatic N) is 3. The molecule has 0 aliphatic carbocycles. The molecule has 0 aromatic rings. The van der Waals surface area contributed by atoms with Crippen LogP contribution >= 0.6 is 24.0 Å². The maximum Gasteiger partial charge on any atom is 0.188 e. The Morgan fingerprint density at radius 2 is 1.80 bits per heavy atom. The van der Waals surface area contributed by atoms with Gasteiger partial charge in [0.25, 0.3) is 0 Å². The predicted molar refractivity (Wildman–Crippen MR) is 73.9 cm³/mol. The number of guanidine groups is 1. The number of piperazine rings is 1. The van der Waals surface area contributed by atoms with E-state index in [9.17, 15) is 0 Å². The Kier molecular flexibility index (Phi) is 7.20. The van der Waals surface area contributed by atoms with Gasteiger partial charge in [0.15, 0.2) is 5.96 Å². The van der Waals surface area contributed by atoms with Gasteiger partial charge in [-0.15, -0.1) is 24.0 Å². The molecule has 0 radical (unpaired) electrons. The van der Waals surface area contributed by atoms with E-state index < -0.39 is 0 Å². The summed E-state index contributed by atoms with van der Waals surface area (Å²) in [5.41, 5.74) is 5.42. The molecule has 1 fully saturated rings. The van der Waals surface area contributed by atoms with Crippen LogP contribution in [0.4, 0.5) is 0 Å². The van der Waals surface area contributed by atoms with Crippen molar-refractivity contribution in [3.05, 3.63) is 0 Å². The number of hydrogen-bond donors (Lipinski definition) is 2. The van der Waals surface area contributed by atoms with Crippen LogP contribution < -0.4 is 5.73 Å². The smallest absolute Gasteiger partial charge is 0.188 e. The lowest BCUT2D eigenvalue weighted by Gasteiger charge is -2.35. The summed E-state index contributed by atoms with van der Waals surface area (Å²) in [6.07, 6.45) is 0. The molecule has 0 spiro atoms. The minimum atomic E-state index is 0. The minimum Gasteiger partial charge on any atom is -0.370 e. The van der Waals surface area contributed by atoms with Gasteiger partial charge in [0, 0.05) is 39.3 Å². The van der Waals surface area contributed by atoms with Crippen LogP contribution in [0, 0.1) is 5.41 Å². The van der Waals surface area contributed by atoms with E-state index in [1.165, 1.54) is 0 Å². The lowest BCUT2D eigenvalue weighted by molar-refractivity contribution is 0.168. The van der Waals surface area contributed by atoms with E-state index in [0.29, 0.717) is 0 Å². The van der Waals surface area contributed by atoms with Crippen LogP contribution in [0.5, 0.6) is 0 Å². The molecule has 0 atom stereocenters. The Labute approximate surface area is 109 Å². The van der Waals surface area contributed by atoms with Gasteiger partial charge in [0.05, 0.1) is 0 Å². The van der Waals surface area contributed by atoms with E-state index in [1.54, 1.807) is 0 Å². The maximum atomic E-state index is 7.30. The van der Waals surface area contributed by atoms with Gasteiger partial charge in [-0.2, -0.15) is 0 Å². The summed E-state index contributed by atoms with van der Waals surface area (Å²) in [5.74, 6) is 0.206. The van der Waals surface area contributed by atoms with Crippen molar-refractivity contribution < 1.29 is 0 Å². The molecule has 0 saturated carbocycles. The van der Waals surface area contributed by atoms with Crippen LogP contribution in [-0.4, -0.2) is 74.0 Å². The van der Waals surface area contributed by atoms with E-state index in [2.05, 4.69) is 23.9 Å². The molecule has 1 saturated heterocycles. The lowest BCUT2D eigenvalue weighted by atomic mass is 10.3. The lowest BCUT2D eigenvalue weighted by Crippen LogP contribution is -2.51. The van der Waals surface area contributed by atoms with Gasteiger partial charge in [-0.05, 0) is 14.1 Å². The van der Waals surface area contributed by atoms with Crippen LogP contribution in [0.1, 0.15) is 0 Å². The molecule has 0 bridgehead atoms. The standard InChI is InChI=1S/C9H21N5.HI/c1-12(2)3-4-13-5-7-14(8-6-13)9(10)11;/h3-8H2,1-2H3,(H3,10,11);1H. The highest BCUT2D eigenvalue weighted by atomic mass is 127. The predicted octanol–water partition coefficient (Wildman–Crippen LogP) is -0.323. The van der Waals surface area contributed by atoms with Gasteiger partial charge in [-0.1, -0.05) is 0 Å². The number of halogens is 1. The molecular weight excluding hydrogens is 305 g/mol. The molecule has 1 aliphatic rings. The average Bonchev–Trinajstić information content (AvgIpc) is 2.15. The Morgan fingerprint density at radius 1 is 1.27 bits per heavy atom. The highest BCUT2D eigenvalue weighted by Gasteiger charge is 2.16. The van der Waals surface area contributed by atoms with Crippen LogP contribution in [0.15, 0.2) is 0 Å². The normalized spacial score (nSPS) is 17.7. The molecular formula is C9H22IN5. The zero-order valence-corrected chi connectivity index (χ0v) is 11.9. The number of hydrogen-bond acceptors (Lipinski definition) is 3. The molecule has 0 aromatic carbocycles. The second-order valence-corrected chi connectivity index (χ2v) is 4.02. The zero-order valence-electron chi connectivity index (χ0n) is 9.57. The second-order valence-electron chi connectivity index (χ2n) is 4.02. The molecule has 6 heteroatoms. The second kappa shape index (κ2) is 7.24. The van der Waals surface area contributed by atoms with E-state index in [4.69, 9.17) is 11.1 Å². The van der Waals surface area contributed by atoms with Crippen molar-refractivity contribution in [2.24, 2.45) is 5.73 Å². The van der Waals surface area contributed by atoms with Crippen LogP contribution in [0.2, 0.25) is 0 Å². The first kappa shape index (κ1) is 14.9. The fourth-order valence-corrected chi connectivity index (χ4v) is 1.55. The van der Waals surface area contributed by atoms with Crippen LogP contribution in [0.3, 0.4) is 0 Å². The minimum absolute atomic E-state index is 0. The Bertz CT molecular complexity index is 189. The third-order valence-electron chi connectivity index (χ3n) is 2.58. The number of nitrogens with two attached hydrogens (primary N) is 1. The number of nitrogens with one attached hydrogen (secondary N) is 1. The summed E-state index contributed by atoms with van der Waals surface area (Å²) < 4.78 is 0. The third kappa shape index (κ3) is 5.53. The largest absolute Gasteiger partial charge is 0.370 e. The van der Waals surface area contributed by atoms with Gasteiger partial charge in [0.1, 0.15) is 0 Å². The van der Waals surface area contributed by atoms with Crippen molar-refractivity contribution in [3.63, 3.8) is 0 Å². The number of rotatable bonds is 3. The molecule has 5 nitrogen and oxygen atoms in total. The molecule has 0 aromatic heterocycles. The fraction of sp³-hybridized carbons (Fsp3) is 0.889. The van der Waals surface area contributed by atoms with Crippen molar-refractivity contribution in [2.75, 3.05) is 53.4 Å². The van der Waals surface area contributed by atoms with Gasteiger partial charge in [0.2, 0.25) is 0 Å². The van der Waals surface area contributed by atoms with Gasteiger partial charge < -0.3 is 15.5 Å². The molecule has 1 rings (SSSR count). The SMILES string of the molecule is CN(C)CCN1CCN(C(=N)N)CC1.I. The van der Waals surface area contributed by atoms with E-state index >= 15 is 0 Å². The molecule has 0 unspecified atom stereocenters. The third-order valence-corrected chi connectivity index (χ3v) is 2.58. The first-order chi connectivity index (χ1) is 6.59. The molecule has 3 N–H and O–H groups in total. The molecule has 1 aliphatic heterocycles. The van der Waals surface area contributed by atoms with Gasteiger partial charge in [-0.3, -0.25) is 10.3 Å². The van der Waals surface area contributed by atoms with Crippen molar-refractivity contribution in [2.45, 2.75) is 0 Å². The van der Waals surface area contributed by atoms with Gasteiger partial charge >= 0.3 is 0 Å². The van der Waals surface area contributed by atoms with E-state index in [1.807, 2.05) is 4.90 Å². The Hall–Kier alpha value is -0.0800. The van der Waals surface area contributed by atoms with Crippen molar-refractivity contribution in [1.82, 2.24) is 14.7 Å². The quantitative estimate of drug-likeness (QED) is 0.424. The highest BCUT2D eigenvalue weighted by molar-refractivity contribution is 14.0. The van der Waals surface area contributed by atoms with E-state index in [-0.39, 0.29) is 29.9 Å². The van der Waals surface area contributed by atoms with Crippen molar-refractivity contribution in [1.29, 1.82) is 5.41 Å². The Balaban J connectivity index is 0.00000196. The highest BCUT2D eigenvalue weighted by Crippen LogP contribution is 2.00. The van der Waals surface area contributed by atoms with Gasteiger partial charge in [-0.25, -0.2) is 0 Å². The fourth-order valence-electron chi connectivity index (χ4n) is 1.55. The average molecular weight is 327 g/mol. The summed E-state index contributed by atoms with van der Waals surface area (Å²) in [6.45, 7) is 6.03. The van der Waals surface area contributed by atoms with Crippen molar-refractivity contribution >= 4 is 29.9 Å². The summed E-state index contributed by atoms with van der Waals surface area (Å²) >= 11 is 0.